The normalized spacial score (nSPS) is 18.1. The SMILES string of the molecule is COC(=O)C(C1CC1)S(=O)Cc1ccc(Cl)cc1. The molecular formula is C13H15ClO3S. The van der Waals surface area contributed by atoms with Crippen LogP contribution in [0.15, 0.2) is 24.3 Å². The second-order valence-electron chi connectivity index (χ2n) is 4.43. The second kappa shape index (κ2) is 5.85. The molecule has 0 aliphatic heterocycles. The number of rotatable bonds is 5. The molecule has 1 aliphatic rings. The zero-order valence-corrected chi connectivity index (χ0v) is 11.7. The van der Waals surface area contributed by atoms with E-state index in [4.69, 9.17) is 16.3 Å². The molecule has 98 valence electrons. The first-order valence-corrected chi connectivity index (χ1v) is 7.57. The molecule has 2 atom stereocenters. The van der Waals surface area contributed by atoms with Gasteiger partial charge in [-0.1, -0.05) is 23.7 Å². The van der Waals surface area contributed by atoms with Crippen LogP contribution in [0.3, 0.4) is 0 Å². The maximum atomic E-state index is 12.3. The predicted molar refractivity (Wildman–Crippen MR) is 71.8 cm³/mol. The highest BCUT2D eigenvalue weighted by atomic mass is 35.5. The standard InChI is InChI=1S/C13H15ClO3S/c1-17-13(15)12(10-4-5-10)18(16)8-9-2-6-11(14)7-3-9/h2-3,6-7,10,12H,4-5,8H2,1H3. The Kier molecular flexibility index (Phi) is 4.40. The van der Waals surface area contributed by atoms with E-state index in [0.717, 1.165) is 18.4 Å². The van der Waals surface area contributed by atoms with Crippen molar-refractivity contribution >= 4 is 28.4 Å². The molecule has 1 saturated carbocycles. The molecule has 3 nitrogen and oxygen atoms in total. The van der Waals surface area contributed by atoms with Crippen molar-refractivity contribution in [2.24, 2.45) is 5.92 Å². The van der Waals surface area contributed by atoms with E-state index in [0.29, 0.717) is 10.8 Å². The lowest BCUT2D eigenvalue weighted by atomic mass is 10.2. The Bertz CT molecular complexity index is 454. The lowest BCUT2D eigenvalue weighted by molar-refractivity contribution is -0.140. The average Bonchev–Trinajstić information content (AvgIpc) is 3.16. The number of hydrogen-bond acceptors (Lipinski definition) is 3. The first-order chi connectivity index (χ1) is 8.61. The molecule has 2 rings (SSSR count). The van der Waals surface area contributed by atoms with Gasteiger partial charge in [0.05, 0.1) is 7.11 Å². The molecule has 0 aromatic heterocycles. The monoisotopic (exact) mass is 286 g/mol. The molecule has 18 heavy (non-hydrogen) atoms. The largest absolute Gasteiger partial charge is 0.468 e. The average molecular weight is 287 g/mol. The minimum Gasteiger partial charge on any atom is -0.468 e. The lowest BCUT2D eigenvalue weighted by Crippen LogP contribution is -2.30. The molecule has 0 heterocycles. The van der Waals surface area contributed by atoms with Crippen LogP contribution in [0.4, 0.5) is 0 Å². The zero-order valence-electron chi connectivity index (χ0n) is 10.1. The van der Waals surface area contributed by atoms with Crippen molar-refractivity contribution in [3.63, 3.8) is 0 Å². The number of halogens is 1. The Morgan fingerprint density at radius 3 is 2.56 bits per heavy atom. The first kappa shape index (κ1) is 13.6. The maximum Gasteiger partial charge on any atom is 0.321 e. The van der Waals surface area contributed by atoms with Gasteiger partial charge in [0.1, 0.15) is 5.25 Å². The molecule has 1 aromatic carbocycles. The molecule has 0 bridgehead atoms. The van der Waals surface area contributed by atoms with Crippen LogP contribution in [0.25, 0.3) is 0 Å². The number of ether oxygens (including phenoxy) is 1. The molecule has 0 N–H and O–H groups in total. The van der Waals surface area contributed by atoms with Crippen LogP contribution < -0.4 is 0 Å². The Labute approximate surface area is 114 Å². The van der Waals surface area contributed by atoms with Gasteiger partial charge in [-0.2, -0.15) is 0 Å². The molecule has 0 radical (unpaired) electrons. The van der Waals surface area contributed by atoms with Crippen LogP contribution >= 0.6 is 11.6 Å². The van der Waals surface area contributed by atoms with Gasteiger partial charge in [0.25, 0.3) is 0 Å². The molecule has 0 saturated heterocycles. The summed E-state index contributed by atoms with van der Waals surface area (Å²) < 4.78 is 17.0. The molecule has 1 aliphatic carbocycles. The van der Waals surface area contributed by atoms with Crippen molar-refractivity contribution in [2.75, 3.05) is 7.11 Å². The summed E-state index contributed by atoms with van der Waals surface area (Å²) >= 11 is 5.79. The van der Waals surface area contributed by atoms with Gasteiger partial charge in [-0.3, -0.25) is 9.00 Å². The lowest BCUT2D eigenvalue weighted by Gasteiger charge is -2.13. The highest BCUT2D eigenvalue weighted by molar-refractivity contribution is 7.85. The smallest absolute Gasteiger partial charge is 0.321 e. The van der Waals surface area contributed by atoms with E-state index >= 15 is 0 Å². The number of carbonyl (C=O) groups excluding carboxylic acids is 1. The van der Waals surface area contributed by atoms with E-state index in [2.05, 4.69) is 0 Å². The highest BCUT2D eigenvalue weighted by Gasteiger charge is 2.41. The van der Waals surface area contributed by atoms with Crippen molar-refractivity contribution in [1.29, 1.82) is 0 Å². The van der Waals surface area contributed by atoms with E-state index in [9.17, 15) is 9.00 Å². The summed E-state index contributed by atoms with van der Waals surface area (Å²) in [5.41, 5.74) is 0.923. The van der Waals surface area contributed by atoms with Gasteiger partial charge in [0, 0.05) is 21.6 Å². The molecule has 5 heteroatoms. The molecule has 1 fully saturated rings. The third-order valence-corrected chi connectivity index (χ3v) is 5.00. The number of benzene rings is 1. The van der Waals surface area contributed by atoms with Crippen molar-refractivity contribution in [2.45, 2.75) is 23.8 Å². The summed E-state index contributed by atoms with van der Waals surface area (Å²) in [6.07, 6.45) is 1.93. The topological polar surface area (TPSA) is 43.4 Å². The van der Waals surface area contributed by atoms with E-state index in [-0.39, 0.29) is 11.9 Å². The van der Waals surface area contributed by atoms with Crippen LogP contribution in [0, 0.1) is 5.92 Å². The molecular weight excluding hydrogens is 272 g/mol. The highest BCUT2D eigenvalue weighted by Crippen LogP contribution is 2.36. The van der Waals surface area contributed by atoms with Gasteiger partial charge in [0.15, 0.2) is 0 Å². The third kappa shape index (κ3) is 3.33. The first-order valence-electron chi connectivity index (χ1n) is 5.81. The molecule has 0 spiro atoms. The zero-order chi connectivity index (χ0) is 13.1. The quantitative estimate of drug-likeness (QED) is 0.781. The molecule has 2 unspecified atom stereocenters. The van der Waals surface area contributed by atoms with Crippen molar-refractivity contribution in [1.82, 2.24) is 0 Å². The number of carbonyl (C=O) groups is 1. The van der Waals surface area contributed by atoms with Crippen LogP contribution in [0.1, 0.15) is 18.4 Å². The summed E-state index contributed by atoms with van der Waals surface area (Å²) in [6, 6.07) is 7.19. The predicted octanol–water partition coefficient (Wildman–Crippen LogP) is 2.54. The Morgan fingerprint density at radius 1 is 1.44 bits per heavy atom. The van der Waals surface area contributed by atoms with Crippen LogP contribution in [-0.4, -0.2) is 22.5 Å². The van der Waals surface area contributed by atoms with Gasteiger partial charge < -0.3 is 4.74 Å². The Balaban J connectivity index is 2.05. The van der Waals surface area contributed by atoms with Gasteiger partial charge in [-0.15, -0.1) is 0 Å². The minimum absolute atomic E-state index is 0.227. The van der Waals surface area contributed by atoms with Crippen molar-refractivity contribution < 1.29 is 13.7 Å². The van der Waals surface area contributed by atoms with Crippen molar-refractivity contribution in [3.8, 4) is 0 Å². The van der Waals surface area contributed by atoms with E-state index in [1.807, 2.05) is 12.1 Å². The van der Waals surface area contributed by atoms with Crippen LogP contribution in [-0.2, 0) is 26.1 Å². The van der Waals surface area contributed by atoms with Gasteiger partial charge in [-0.05, 0) is 36.5 Å². The summed E-state index contributed by atoms with van der Waals surface area (Å²) in [6.45, 7) is 0. The van der Waals surface area contributed by atoms with Crippen molar-refractivity contribution in [3.05, 3.63) is 34.9 Å². The van der Waals surface area contributed by atoms with Gasteiger partial charge >= 0.3 is 5.97 Å². The summed E-state index contributed by atoms with van der Waals surface area (Å²) in [5.74, 6) is 0.239. The summed E-state index contributed by atoms with van der Waals surface area (Å²) in [7, 11) is 0.114. The number of esters is 1. The van der Waals surface area contributed by atoms with E-state index < -0.39 is 16.0 Å². The fourth-order valence-corrected chi connectivity index (χ4v) is 3.70. The fourth-order valence-electron chi connectivity index (χ4n) is 1.86. The second-order valence-corrected chi connectivity index (χ2v) is 6.43. The van der Waals surface area contributed by atoms with Crippen LogP contribution in [0.5, 0.6) is 0 Å². The van der Waals surface area contributed by atoms with E-state index in [1.165, 1.54) is 7.11 Å². The van der Waals surface area contributed by atoms with Gasteiger partial charge in [0.2, 0.25) is 0 Å². The summed E-state index contributed by atoms with van der Waals surface area (Å²) in [5, 5.41) is 0.168. The van der Waals surface area contributed by atoms with Crippen LogP contribution in [0.2, 0.25) is 5.02 Å². The van der Waals surface area contributed by atoms with Gasteiger partial charge in [-0.25, -0.2) is 0 Å². The third-order valence-electron chi connectivity index (χ3n) is 2.99. The molecule has 1 aromatic rings. The Morgan fingerprint density at radius 2 is 2.06 bits per heavy atom. The minimum atomic E-state index is -1.23. The molecule has 0 amide bonds. The van der Waals surface area contributed by atoms with E-state index in [1.54, 1.807) is 12.1 Å². The summed E-state index contributed by atoms with van der Waals surface area (Å²) in [4.78, 5) is 11.6. The number of methoxy groups -OCH3 is 1. The number of hydrogen-bond donors (Lipinski definition) is 0. The maximum absolute atomic E-state index is 12.3. The Hall–Kier alpha value is -0.870. The fraction of sp³-hybridized carbons (Fsp3) is 0.462.